The van der Waals surface area contributed by atoms with E-state index in [-0.39, 0.29) is 11.5 Å². The predicted molar refractivity (Wildman–Crippen MR) is 86.6 cm³/mol. The number of amides is 1. The molecule has 5 nitrogen and oxygen atoms in total. The topological polar surface area (TPSA) is 75.6 Å². The van der Waals surface area contributed by atoms with Gasteiger partial charge in [-0.05, 0) is 42.3 Å². The first-order valence-electron chi connectivity index (χ1n) is 7.39. The van der Waals surface area contributed by atoms with E-state index in [0.717, 1.165) is 16.9 Å². The van der Waals surface area contributed by atoms with E-state index >= 15 is 0 Å². The lowest BCUT2D eigenvalue weighted by molar-refractivity contribution is -0.120. The summed E-state index contributed by atoms with van der Waals surface area (Å²) in [5.74, 6) is -0.261. The average molecular weight is 313 g/mol. The second kappa shape index (κ2) is 7.98. The molecule has 1 amide bonds. The van der Waals surface area contributed by atoms with Crippen molar-refractivity contribution in [2.45, 2.75) is 19.9 Å². The Morgan fingerprint density at radius 2 is 1.61 bits per heavy atom. The third-order valence-corrected chi connectivity index (χ3v) is 3.29. The zero-order valence-electron chi connectivity index (χ0n) is 12.9. The Morgan fingerprint density at radius 3 is 2.17 bits per heavy atom. The third-order valence-electron chi connectivity index (χ3n) is 3.29. The normalized spacial score (nSPS) is 10.1. The summed E-state index contributed by atoms with van der Waals surface area (Å²) in [6, 6.07) is 13.9. The van der Waals surface area contributed by atoms with E-state index in [1.807, 2.05) is 31.2 Å². The summed E-state index contributed by atoms with van der Waals surface area (Å²) in [5, 5.41) is 11.7. The molecule has 23 heavy (non-hydrogen) atoms. The van der Waals surface area contributed by atoms with Gasteiger partial charge in [0.25, 0.3) is 0 Å². The van der Waals surface area contributed by atoms with Crippen molar-refractivity contribution in [2.75, 3.05) is 6.61 Å². The Balaban J connectivity index is 1.83. The molecule has 0 unspecified atom stereocenters. The van der Waals surface area contributed by atoms with Gasteiger partial charge in [-0.2, -0.15) is 0 Å². The molecular formula is C18H19NO4. The molecule has 0 aliphatic rings. The Labute approximate surface area is 134 Å². The number of benzene rings is 2. The molecule has 0 aliphatic heterocycles. The van der Waals surface area contributed by atoms with Gasteiger partial charge in [-0.15, -0.1) is 0 Å². The molecule has 2 aromatic rings. The third kappa shape index (κ3) is 5.14. The molecule has 2 aromatic carbocycles. The van der Waals surface area contributed by atoms with Crippen LogP contribution in [0, 0.1) is 0 Å². The van der Waals surface area contributed by atoms with E-state index in [9.17, 15) is 9.59 Å². The number of carboxylic acid groups (broad SMARTS) is 1. The fourth-order valence-corrected chi connectivity index (χ4v) is 2.08. The SMILES string of the molecule is CCOc1ccc(CC(=O)NCc2ccc(C(=O)O)cc2)cc1. The maximum atomic E-state index is 11.9. The predicted octanol–water partition coefficient (Wildman–Crippen LogP) is 2.64. The van der Waals surface area contributed by atoms with Crippen LogP contribution in [0.4, 0.5) is 0 Å². The van der Waals surface area contributed by atoms with Crippen LogP contribution < -0.4 is 10.1 Å². The summed E-state index contributed by atoms with van der Waals surface area (Å²) >= 11 is 0. The van der Waals surface area contributed by atoms with Crippen LogP contribution in [0.5, 0.6) is 5.75 Å². The van der Waals surface area contributed by atoms with Gasteiger partial charge in [0.15, 0.2) is 0 Å². The molecule has 0 radical (unpaired) electrons. The van der Waals surface area contributed by atoms with Crippen LogP contribution >= 0.6 is 0 Å². The molecule has 0 saturated heterocycles. The summed E-state index contributed by atoms with van der Waals surface area (Å²) in [7, 11) is 0. The number of rotatable bonds is 7. The molecule has 0 aromatic heterocycles. The van der Waals surface area contributed by atoms with Crippen molar-refractivity contribution in [1.29, 1.82) is 0 Å². The van der Waals surface area contributed by atoms with Crippen molar-refractivity contribution in [3.8, 4) is 5.75 Å². The summed E-state index contributed by atoms with van der Waals surface area (Å²) < 4.78 is 5.36. The van der Waals surface area contributed by atoms with Crippen molar-refractivity contribution in [1.82, 2.24) is 5.32 Å². The first-order chi connectivity index (χ1) is 11.1. The van der Waals surface area contributed by atoms with E-state index in [0.29, 0.717) is 19.6 Å². The Morgan fingerprint density at radius 1 is 1.00 bits per heavy atom. The van der Waals surface area contributed by atoms with E-state index in [2.05, 4.69) is 5.32 Å². The van der Waals surface area contributed by atoms with Gasteiger partial charge < -0.3 is 15.2 Å². The molecule has 120 valence electrons. The number of carbonyl (C=O) groups excluding carboxylic acids is 1. The number of aromatic carboxylic acids is 1. The van der Waals surface area contributed by atoms with Crippen LogP contribution in [0.25, 0.3) is 0 Å². The highest BCUT2D eigenvalue weighted by Crippen LogP contribution is 2.12. The van der Waals surface area contributed by atoms with Gasteiger partial charge >= 0.3 is 5.97 Å². The van der Waals surface area contributed by atoms with E-state index in [1.165, 1.54) is 12.1 Å². The number of carbonyl (C=O) groups is 2. The number of carboxylic acids is 1. The lowest BCUT2D eigenvalue weighted by Crippen LogP contribution is -2.24. The fourth-order valence-electron chi connectivity index (χ4n) is 2.08. The molecule has 2 rings (SSSR count). The highest BCUT2D eigenvalue weighted by Gasteiger charge is 2.05. The molecular weight excluding hydrogens is 294 g/mol. The van der Waals surface area contributed by atoms with E-state index in [1.54, 1.807) is 12.1 Å². The number of nitrogens with one attached hydrogen (secondary N) is 1. The van der Waals surface area contributed by atoms with Crippen molar-refractivity contribution in [2.24, 2.45) is 0 Å². The molecule has 0 heterocycles. The molecule has 0 bridgehead atoms. The molecule has 0 aliphatic carbocycles. The highest BCUT2D eigenvalue weighted by molar-refractivity contribution is 5.87. The van der Waals surface area contributed by atoms with Gasteiger partial charge in [0.1, 0.15) is 5.75 Å². The Hall–Kier alpha value is -2.82. The maximum Gasteiger partial charge on any atom is 0.335 e. The summed E-state index contributed by atoms with van der Waals surface area (Å²) in [6.45, 7) is 2.90. The standard InChI is InChI=1S/C18H19NO4/c1-2-23-16-9-5-13(6-10-16)11-17(20)19-12-14-3-7-15(8-4-14)18(21)22/h3-10H,2,11-12H2,1H3,(H,19,20)(H,21,22). The van der Waals surface area contributed by atoms with Crippen LogP contribution in [-0.4, -0.2) is 23.6 Å². The Kier molecular flexibility index (Phi) is 5.74. The minimum Gasteiger partial charge on any atom is -0.494 e. The van der Waals surface area contributed by atoms with Crippen molar-refractivity contribution >= 4 is 11.9 Å². The zero-order chi connectivity index (χ0) is 16.7. The lowest BCUT2D eigenvalue weighted by Gasteiger charge is -2.07. The fraction of sp³-hybridized carbons (Fsp3) is 0.222. The van der Waals surface area contributed by atoms with Crippen molar-refractivity contribution < 1.29 is 19.4 Å². The number of hydrogen-bond donors (Lipinski definition) is 2. The number of hydrogen-bond acceptors (Lipinski definition) is 3. The van der Waals surface area contributed by atoms with Gasteiger partial charge in [-0.1, -0.05) is 24.3 Å². The lowest BCUT2D eigenvalue weighted by atomic mass is 10.1. The quantitative estimate of drug-likeness (QED) is 0.824. The first kappa shape index (κ1) is 16.5. The second-order valence-electron chi connectivity index (χ2n) is 5.03. The van der Waals surface area contributed by atoms with Gasteiger partial charge in [-0.3, -0.25) is 4.79 Å². The molecule has 0 spiro atoms. The summed E-state index contributed by atoms with van der Waals surface area (Å²) in [5.41, 5.74) is 2.00. The van der Waals surface area contributed by atoms with Crippen LogP contribution in [0.3, 0.4) is 0 Å². The second-order valence-corrected chi connectivity index (χ2v) is 5.03. The van der Waals surface area contributed by atoms with Gasteiger partial charge in [0.2, 0.25) is 5.91 Å². The van der Waals surface area contributed by atoms with Crippen LogP contribution in [0.2, 0.25) is 0 Å². The van der Waals surface area contributed by atoms with Gasteiger partial charge in [0, 0.05) is 6.54 Å². The maximum absolute atomic E-state index is 11.9. The van der Waals surface area contributed by atoms with Crippen molar-refractivity contribution in [3.63, 3.8) is 0 Å². The van der Waals surface area contributed by atoms with Crippen LogP contribution in [0.1, 0.15) is 28.4 Å². The van der Waals surface area contributed by atoms with E-state index in [4.69, 9.17) is 9.84 Å². The smallest absolute Gasteiger partial charge is 0.335 e. The minimum absolute atomic E-state index is 0.0866. The van der Waals surface area contributed by atoms with Crippen molar-refractivity contribution in [3.05, 3.63) is 65.2 Å². The highest BCUT2D eigenvalue weighted by atomic mass is 16.5. The summed E-state index contributed by atoms with van der Waals surface area (Å²) in [6.07, 6.45) is 0.291. The first-order valence-corrected chi connectivity index (χ1v) is 7.39. The van der Waals surface area contributed by atoms with Gasteiger partial charge in [0.05, 0.1) is 18.6 Å². The van der Waals surface area contributed by atoms with Crippen LogP contribution in [-0.2, 0) is 17.8 Å². The molecule has 5 heteroatoms. The monoisotopic (exact) mass is 313 g/mol. The van der Waals surface area contributed by atoms with Gasteiger partial charge in [-0.25, -0.2) is 4.79 Å². The zero-order valence-corrected chi connectivity index (χ0v) is 12.9. The number of ether oxygens (including phenoxy) is 1. The van der Waals surface area contributed by atoms with Crippen LogP contribution in [0.15, 0.2) is 48.5 Å². The molecule has 0 fully saturated rings. The molecule has 0 saturated carbocycles. The minimum atomic E-state index is -0.962. The molecule has 0 atom stereocenters. The Bertz CT molecular complexity index is 662. The average Bonchev–Trinajstić information content (AvgIpc) is 2.55. The van der Waals surface area contributed by atoms with E-state index < -0.39 is 5.97 Å². The largest absolute Gasteiger partial charge is 0.494 e. The molecule has 2 N–H and O–H groups in total. The summed E-state index contributed by atoms with van der Waals surface area (Å²) in [4.78, 5) is 22.7.